The predicted octanol–water partition coefficient (Wildman–Crippen LogP) is 3.46. The number of fused-ring (bicyclic) bond motifs is 1. The number of aromatic nitrogens is 2. The minimum Gasteiger partial charge on any atom is -0.309 e. The van der Waals surface area contributed by atoms with Crippen molar-refractivity contribution in [2.45, 2.75) is 44.7 Å². The van der Waals surface area contributed by atoms with Crippen molar-refractivity contribution in [2.24, 2.45) is 11.8 Å². The summed E-state index contributed by atoms with van der Waals surface area (Å²) >= 11 is 0. The van der Waals surface area contributed by atoms with Crippen LogP contribution in [0.1, 0.15) is 42.1 Å². The highest BCUT2D eigenvalue weighted by atomic mass is 15.0. The van der Waals surface area contributed by atoms with E-state index in [1.54, 1.807) is 0 Å². The Morgan fingerprint density at radius 1 is 1.05 bits per heavy atom. The van der Waals surface area contributed by atoms with Gasteiger partial charge in [0.25, 0.3) is 0 Å². The lowest BCUT2D eigenvalue weighted by molar-refractivity contribution is 0.0940. The summed E-state index contributed by atoms with van der Waals surface area (Å²) in [4.78, 5) is 8.59. The summed E-state index contributed by atoms with van der Waals surface area (Å²) in [6, 6.07) is 11.6. The van der Waals surface area contributed by atoms with E-state index >= 15 is 0 Å². The molecule has 0 aliphatic heterocycles. The highest BCUT2D eigenvalue weighted by molar-refractivity contribution is 5.28. The van der Waals surface area contributed by atoms with Gasteiger partial charge < -0.3 is 5.32 Å². The maximum Gasteiger partial charge on any atom is 0.125 e. The second-order valence-corrected chi connectivity index (χ2v) is 6.74. The minimum absolute atomic E-state index is 0.608. The van der Waals surface area contributed by atoms with E-state index in [4.69, 9.17) is 0 Å². The molecule has 3 heteroatoms. The van der Waals surface area contributed by atoms with Gasteiger partial charge in [-0.15, -0.1) is 0 Å². The smallest absolute Gasteiger partial charge is 0.125 e. The summed E-state index contributed by atoms with van der Waals surface area (Å²) in [6.45, 7) is 2.80. The van der Waals surface area contributed by atoms with Crippen LogP contribution in [0, 0.1) is 18.8 Å². The summed E-state index contributed by atoms with van der Waals surface area (Å²) in [7, 11) is 0. The Bertz CT molecular complexity index is 623. The standard InChI is InChI=1S/C19H23N3/c1-13-20-10-14(11-21-13)12-22-19-17-9-5-8-16(17)18(19)15-6-3-2-4-7-15/h2-4,6-7,10-11,16-19,22H,5,8-9,12H2,1H3/t16-,17-,18-,19-/m0/s1. The van der Waals surface area contributed by atoms with Crippen molar-refractivity contribution in [2.75, 3.05) is 0 Å². The van der Waals surface area contributed by atoms with Crippen LogP contribution in [0.4, 0.5) is 0 Å². The first-order valence-electron chi connectivity index (χ1n) is 8.39. The molecule has 2 aliphatic rings. The third kappa shape index (κ3) is 2.44. The molecular weight excluding hydrogens is 270 g/mol. The number of benzene rings is 1. The third-order valence-corrected chi connectivity index (χ3v) is 5.50. The van der Waals surface area contributed by atoms with E-state index in [-0.39, 0.29) is 0 Å². The van der Waals surface area contributed by atoms with E-state index in [0.29, 0.717) is 12.0 Å². The van der Waals surface area contributed by atoms with Crippen LogP contribution in [0.25, 0.3) is 0 Å². The molecule has 4 rings (SSSR count). The van der Waals surface area contributed by atoms with Crippen molar-refractivity contribution in [3.8, 4) is 0 Å². The number of nitrogens with zero attached hydrogens (tertiary/aromatic N) is 2. The Labute approximate surface area is 132 Å². The summed E-state index contributed by atoms with van der Waals surface area (Å²) in [5.74, 6) is 3.26. The van der Waals surface area contributed by atoms with Gasteiger partial charge in [-0.3, -0.25) is 0 Å². The third-order valence-electron chi connectivity index (χ3n) is 5.50. The monoisotopic (exact) mass is 293 g/mol. The van der Waals surface area contributed by atoms with Crippen LogP contribution in [0.3, 0.4) is 0 Å². The SMILES string of the molecule is Cc1ncc(CN[C@H]2[C@H]3CCC[C@@H]3[C@@H]2c2ccccc2)cn1. The highest BCUT2D eigenvalue weighted by Gasteiger charge is 2.52. The number of rotatable bonds is 4. The zero-order valence-electron chi connectivity index (χ0n) is 13.1. The Morgan fingerprint density at radius 3 is 2.55 bits per heavy atom. The first-order chi connectivity index (χ1) is 10.8. The van der Waals surface area contributed by atoms with Crippen LogP contribution < -0.4 is 5.32 Å². The van der Waals surface area contributed by atoms with Crippen LogP contribution in [0.2, 0.25) is 0 Å². The molecule has 1 heterocycles. The molecule has 2 saturated carbocycles. The second-order valence-electron chi connectivity index (χ2n) is 6.74. The van der Waals surface area contributed by atoms with E-state index in [2.05, 4.69) is 45.6 Å². The van der Waals surface area contributed by atoms with Gasteiger partial charge in [0.1, 0.15) is 5.82 Å². The molecule has 2 aliphatic carbocycles. The van der Waals surface area contributed by atoms with Crippen LogP contribution in [0.15, 0.2) is 42.7 Å². The van der Waals surface area contributed by atoms with Crippen molar-refractivity contribution >= 4 is 0 Å². The zero-order chi connectivity index (χ0) is 14.9. The molecular formula is C19H23N3. The lowest BCUT2D eigenvalue weighted by atomic mass is 9.60. The van der Waals surface area contributed by atoms with Crippen molar-refractivity contribution in [1.82, 2.24) is 15.3 Å². The lowest BCUT2D eigenvalue weighted by Crippen LogP contribution is -2.54. The summed E-state index contributed by atoms with van der Waals surface area (Å²) in [6.07, 6.45) is 8.06. The fourth-order valence-electron chi connectivity index (χ4n) is 4.45. The molecule has 2 aromatic rings. The molecule has 0 spiro atoms. The molecule has 0 amide bonds. The highest BCUT2D eigenvalue weighted by Crippen LogP contribution is 2.55. The van der Waals surface area contributed by atoms with Gasteiger partial charge >= 0.3 is 0 Å². The number of hydrogen-bond acceptors (Lipinski definition) is 3. The van der Waals surface area contributed by atoms with E-state index < -0.39 is 0 Å². The zero-order valence-corrected chi connectivity index (χ0v) is 13.1. The first-order valence-corrected chi connectivity index (χ1v) is 8.39. The van der Waals surface area contributed by atoms with Crippen molar-refractivity contribution in [3.05, 3.63) is 59.7 Å². The van der Waals surface area contributed by atoms with Gasteiger partial charge in [-0.2, -0.15) is 0 Å². The minimum atomic E-state index is 0.608. The quantitative estimate of drug-likeness (QED) is 0.938. The molecule has 114 valence electrons. The molecule has 1 aromatic heterocycles. The molecule has 0 radical (unpaired) electrons. The van der Waals surface area contributed by atoms with Gasteiger partial charge in [-0.05, 0) is 37.2 Å². The predicted molar refractivity (Wildman–Crippen MR) is 87.4 cm³/mol. The van der Waals surface area contributed by atoms with Crippen molar-refractivity contribution in [1.29, 1.82) is 0 Å². The van der Waals surface area contributed by atoms with Crippen LogP contribution >= 0.6 is 0 Å². The van der Waals surface area contributed by atoms with E-state index in [1.165, 1.54) is 30.4 Å². The second kappa shape index (κ2) is 5.81. The fraction of sp³-hybridized carbons (Fsp3) is 0.474. The molecule has 1 N–H and O–H groups in total. The largest absolute Gasteiger partial charge is 0.309 e. The van der Waals surface area contributed by atoms with Gasteiger partial charge in [0.2, 0.25) is 0 Å². The number of hydrogen-bond donors (Lipinski definition) is 1. The molecule has 1 aromatic carbocycles. The molecule has 0 saturated heterocycles. The number of nitrogens with one attached hydrogen (secondary N) is 1. The Hall–Kier alpha value is -1.74. The first kappa shape index (κ1) is 13.9. The normalized spacial score (nSPS) is 29.9. The summed E-state index contributed by atoms with van der Waals surface area (Å²) in [5.41, 5.74) is 2.68. The maximum absolute atomic E-state index is 4.29. The average molecular weight is 293 g/mol. The Balaban J connectivity index is 1.48. The Kier molecular flexibility index (Phi) is 3.67. The van der Waals surface area contributed by atoms with E-state index in [9.17, 15) is 0 Å². The van der Waals surface area contributed by atoms with Gasteiger partial charge in [0.15, 0.2) is 0 Å². The van der Waals surface area contributed by atoms with Crippen molar-refractivity contribution < 1.29 is 0 Å². The lowest BCUT2D eigenvalue weighted by Gasteiger charge is -2.50. The van der Waals surface area contributed by atoms with Gasteiger partial charge in [-0.25, -0.2) is 9.97 Å². The topological polar surface area (TPSA) is 37.8 Å². The maximum atomic E-state index is 4.29. The molecule has 0 unspecified atom stereocenters. The summed E-state index contributed by atoms with van der Waals surface area (Å²) < 4.78 is 0. The Morgan fingerprint density at radius 2 is 1.77 bits per heavy atom. The van der Waals surface area contributed by atoms with Gasteiger partial charge in [0.05, 0.1) is 0 Å². The average Bonchev–Trinajstić information content (AvgIpc) is 2.94. The molecule has 22 heavy (non-hydrogen) atoms. The molecule has 0 bridgehead atoms. The molecule has 3 nitrogen and oxygen atoms in total. The number of aryl methyl sites for hydroxylation is 1. The fourth-order valence-corrected chi connectivity index (χ4v) is 4.45. The van der Waals surface area contributed by atoms with Crippen molar-refractivity contribution in [3.63, 3.8) is 0 Å². The summed E-state index contributed by atoms with van der Waals surface area (Å²) in [5, 5.41) is 3.79. The van der Waals surface area contributed by atoms with Crippen LogP contribution in [0.5, 0.6) is 0 Å². The van der Waals surface area contributed by atoms with Crippen LogP contribution in [-0.4, -0.2) is 16.0 Å². The molecule has 2 fully saturated rings. The van der Waals surface area contributed by atoms with E-state index in [1.807, 2.05) is 19.3 Å². The van der Waals surface area contributed by atoms with E-state index in [0.717, 1.165) is 24.2 Å². The van der Waals surface area contributed by atoms with Crippen LogP contribution in [-0.2, 0) is 6.54 Å². The van der Waals surface area contributed by atoms with Gasteiger partial charge in [0, 0.05) is 36.5 Å². The van der Waals surface area contributed by atoms with Gasteiger partial charge in [-0.1, -0.05) is 36.8 Å². The molecule has 4 atom stereocenters.